The molecular weight excluding hydrogens is 368 g/mol. The summed E-state index contributed by atoms with van der Waals surface area (Å²) in [6.45, 7) is 0. The van der Waals surface area contributed by atoms with Gasteiger partial charge in [-0.25, -0.2) is 9.59 Å². The van der Waals surface area contributed by atoms with Crippen LogP contribution in [-0.4, -0.2) is 22.2 Å². The number of rotatable bonds is 2. The minimum absolute atomic E-state index is 0.255. The van der Waals surface area contributed by atoms with Gasteiger partial charge in [0.25, 0.3) is 0 Å². The van der Waals surface area contributed by atoms with Crippen LogP contribution in [0.25, 0.3) is 44.7 Å². The number of fused-ring (bicyclic) bond motifs is 4. The fourth-order valence-corrected chi connectivity index (χ4v) is 3.12. The average Bonchev–Trinajstić information content (AvgIpc) is 2.68. The van der Waals surface area contributed by atoms with E-state index in [2.05, 4.69) is 0 Å². The van der Waals surface area contributed by atoms with Crippen molar-refractivity contribution in [1.29, 1.82) is 0 Å². The van der Waals surface area contributed by atoms with Crippen LogP contribution in [0.1, 0.15) is 20.7 Å². The molecule has 0 saturated carbocycles. The molecule has 0 aliphatic carbocycles. The second-order valence-corrected chi connectivity index (χ2v) is 5.98. The summed E-state index contributed by atoms with van der Waals surface area (Å²) in [5.41, 5.74) is -0.794. The van der Waals surface area contributed by atoms with Gasteiger partial charge in [-0.1, -0.05) is 24.3 Å². The third-order valence-electron chi connectivity index (χ3n) is 4.29. The third-order valence-corrected chi connectivity index (χ3v) is 4.29. The Morgan fingerprint density at radius 1 is 0.536 bits per heavy atom. The van der Waals surface area contributed by atoms with E-state index in [1.54, 1.807) is 48.5 Å². The molecule has 28 heavy (non-hydrogen) atoms. The minimum atomic E-state index is -1.38. The van der Waals surface area contributed by atoms with Gasteiger partial charge in [0.2, 0.25) is 0 Å². The van der Waals surface area contributed by atoms with E-state index in [1.165, 1.54) is 0 Å². The summed E-state index contributed by atoms with van der Waals surface area (Å²) in [6.07, 6.45) is 0. The Labute approximate surface area is 154 Å². The fourth-order valence-electron chi connectivity index (χ4n) is 3.12. The van der Waals surface area contributed by atoms with Gasteiger partial charge in [0.15, 0.2) is 55.8 Å². The number of carbonyl (C=O) groups is 2. The third kappa shape index (κ3) is 2.18. The molecule has 3 aromatic carbocycles. The summed E-state index contributed by atoms with van der Waals surface area (Å²) in [7, 11) is 0. The van der Waals surface area contributed by atoms with Gasteiger partial charge in [-0.2, -0.15) is 0 Å². The van der Waals surface area contributed by atoms with E-state index in [4.69, 9.17) is 17.7 Å². The molecule has 8 nitrogen and oxygen atoms in total. The highest BCUT2D eigenvalue weighted by Gasteiger charge is 2.30. The van der Waals surface area contributed by atoms with Gasteiger partial charge in [-0.05, 0) is 24.3 Å². The summed E-state index contributed by atoms with van der Waals surface area (Å²) in [4.78, 5) is 24.1. The van der Waals surface area contributed by atoms with Crippen LogP contribution in [0.3, 0.4) is 0 Å². The van der Waals surface area contributed by atoms with Gasteiger partial charge in [-0.15, -0.1) is 0 Å². The standard InChI is InChI=1S/C20H10O8/c21-19(22)13-15-16(26-10-6-2-1-5-9(10)25-15)14(20(23)24)18-17(13)27-11-7-3-4-8-12(11)28-18/h1-8H,(H,21,22)(H,23,24). The van der Waals surface area contributed by atoms with Crippen molar-refractivity contribution in [2.24, 2.45) is 0 Å². The van der Waals surface area contributed by atoms with Gasteiger partial charge < -0.3 is 27.9 Å². The maximum absolute atomic E-state index is 12.0. The van der Waals surface area contributed by atoms with Gasteiger partial charge in [0.1, 0.15) is 0 Å². The van der Waals surface area contributed by atoms with E-state index in [0.29, 0.717) is 0 Å². The molecule has 138 valence electrons. The predicted octanol–water partition coefficient (Wildman–Crippen LogP) is 5.19. The van der Waals surface area contributed by atoms with Crippen molar-refractivity contribution in [3.63, 3.8) is 0 Å². The molecule has 2 aromatic heterocycles. The van der Waals surface area contributed by atoms with Crippen LogP contribution < -0.4 is 0 Å². The van der Waals surface area contributed by atoms with Crippen LogP contribution in [0.15, 0.2) is 66.2 Å². The fraction of sp³-hybridized carbons (Fsp3) is 0. The number of para-hydroxylation sites is 4. The van der Waals surface area contributed by atoms with Crippen LogP contribution in [-0.2, 0) is 0 Å². The Hall–Kier alpha value is -4.20. The summed E-state index contributed by atoms with van der Waals surface area (Å²) in [6, 6.07) is 13.0. The number of carboxylic acids is 2. The van der Waals surface area contributed by atoms with Crippen molar-refractivity contribution in [3.05, 3.63) is 59.7 Å². The topological polar surface area (TPSA) is 127 Å². The van der Waals surface area contributed by atoms with Crippen molar-refractivity contribution in [1.82, 2.24) is 0 Å². The van der Waals surface area contributed by atoms with Gasteiger partial charge in [-0.3, -0.25) is 0 Å². The molecule has 0 atom stereocenters. The molecule has 2 heterocycles. The second kappa shape index (κ2) is 5.65. The van der Waals surface area contributed by atoms with Crippen LogP contribution >= 0.6 is 0 Å². The molecule has 8 heteroatoms. The molecule has 0 aliphatic heterocycles. The quantitative estimate of drug-likeness (QED) is 0.402. The molecule has 2 N–H and O–H groups in total. The minimum Gasteiger partial charge on any atom is -0.477 e. The highest BCUT2D eigenvalue weighted by atomic mass is 16.4. The molecule has 0 aliphatic rings. The van der Waals surface area contributed by atoms with Crippen molar-refractivity contribution >= 4 is 56.6 Å². The largest absolute Gasteiger partial charge is 0.477 e. The number of hydrogen-bond acceptors (Lipinski definition) is 6. The van der Waals surface area contributed by atoms with Crippen LogP contribution in [0.2, 0.25) is 0 Å². The van der Waals surface area contributed by atoms with Crippen LogP contribution in [0.5, 0.6) is 0 Å². The highest BCUT2D eigenvalue weighted by Crippen LogP contribution is 2.37. The van der Waals surface area contributed by atoms with E-state index in [0.717, 1.165) is 0 Å². The lowest BCUT2D eigenvalue weighted by Gasteiger charge is -2.11. The van der Waals surface area contributed by atoms with Gasteiger partial charge >= 0.3 is 11.9 Å². The first-order valence-electron chi connectivity index (χ1n) is 8.14. The Morgan fingerprint density at radius 2 is 0.786 bits per heavy atom. The van der Waals surface area contributed by atoms with E-state index < -0.39 is 11.9 Å². The van der Waals surface area contributed by atoms with E-state index >= 15 is 0 Å². The summed E-state index contributed by atoms with van der Waals surface area (Å²) < 4.78 is 22.8. The summed E-state index contributed by atoms with van der Waals surface area (Å²) >= 11 is 0. The number of aromatic carboxylic acids is 2. The predicted molar refractivity (Wildman–Crippen MR) is 97.1 cm³/mol. The van der Waals surface area contributed by atoms with Crippen LogP contribution in [0.4, 0.5) is 0 Å². The zero-order valence-electron chi connectivity index (χ0n) is 14.0. The maximum Gasteiger partial charge on any atom is 0.343 e. The molecule has 0 bridgehead atoms. The first kappa shape index (κ1) is 16.0. The SMILES string of the molecule is O=C(O)c1c2oc3ccccc3oc2c(C(=O)O)c2oc3ccccc3oc12. The number of hydrogen-bond donors (Lipinski definition) is 2. The lowest BCUT2D eigenvalue weighted by molar-refractivity contribution is 0.0683. The molecule has 5 rings (SSSR count). The van der Waals surface area contributed by atoms with E-state index in [9.17, 15) is 19.8 Å². The Bertz CT molecular complexity index is 1260. The lowest BCUT2D eigenvalue weighted by atomic mass is 10.1. The lowest BCUT2D eigenvalue weighted by Crippen LogP contribution is -2.06. The Kier molecular flexibility index (Phi) is 3.23. The molecule has 0 spiro atoms. The Morgan fingerprint density at radius 3 is 1.00 bits per heavy atom. The smallest absolute Gasteiger partial charge is 0.343 e. The molecular formula is C20H10O8. The number of benzene rings is 3. The summed E-state index contributed by atoms with van der Waals surface area (Å²) in [5.74, 6) is -2.76. The molecule has 0 saturated heterocycles. The van der Waals surface area contributed by atoms with E-state index in [1.807, 2.05) is 0 Å². The zero-order chi connectivity index (χ0) is 19.4. The maximum atomic E-state index is 12.0. The van der Waals surface area contributed by atoms with Crippen LogP contribution in [0, 0.1) is 0 Å². The normalized spacial score (nSPS) is 11.4. The summed E-state index contributed by atoms with van der Waals surface area (Å²) in [5, 5.41) is 19.6. The number of carboxylic acid groups (broad SMARTS) is 2. The van der Waals surface area contributed by atoms with Crippen molar-refractivity contribution < 1.29 is 37.5 Å². The second-order valence-electron chi connectivity index (χ2n) is 5.98. The van der Waals surface area contributed by atoms with Gasteiger partial charge in [0.05, 0.1) is 0 Å². The highest BCUT2D eigenvalue weighted by molar-refractivity contribution is 6.19. The molecule has 5 aromatic rings. The Balaban J connectivity index is 2.13. The van der Waals surface area contributed by atoms with Crippen molar-refractivity contribution in [2.75, 3.05) is 0 Å². The monoisotopic (exact) mass is 378 g/mol. The average molecular weight is 378 g/mol. The first-order chi connectivity index (χ1) is 13.5. The molecule has 0 amide bonds. The molecule has 0 fully saturated rings. The van der Waals surface area contributed by atoms with Crippen molar-refractivity contribution in [3.8, 4) is 0 Å². The van der Waals surface area contributed by atoms with Gasteiger partial charge in [0, 0.05) is 0 Å². The molecule has 0 unspecified atom stereocenters. The van der Waals surface area contributed by atoms with Crippen molar-refractivity contribution in [2.45, 2.75) is 0 Å². The van der Waals surface area contributed by atoms with E-state index in [-0.39, 0.29) is 55.8 Å². The molecule has 0 radical (unpaired) electrons. The zero-order valence-corrected chi connectivity index (χ0v) is 14.0. The first-order valence-corrected chi connectivity index (χ1v) is 8.14.